The molecule has 6 heteroatoms. The minimum atomic E-state index is -0.110. The van der Waals surface area contributed by atoms with Crippen molar-refractivity contribution in [1.29, 1.82) is 0 Å². The fraction of sp³-hybridized carbons (Fsp3) is 0.235. The summed E-state index contributed by atoms with van der Waals surface area (Å²) in [6.45, 7) is 3.90. The van der Waals surface area contributed by atoms with Gasteiger partial charge >= 0.3 is 0 Å². The molecule has 23 heavy (non-hydrogen) atoms. The van der Waals surface area contributed by atoms with Gasteiger partial charge in [0.15, 0.2) is 0 Å². The molecule has 118 valence electrons. The number of aryl methyl sites for hydroxylation is 2. The van der Waals surface area contributed by atoms with E-state index < -0.39 is 0 Å². The molecule has 0 saturated heterocycles. The molecule has 0 unspecified atom stereocenters. The van der Waals surface area contributed by atoms with Crippen LogP contribution in [0, 0.1) is 13.8 Å². The molecule has 3 aromatic rings. The minimum Gasteiger partial charge on any atom is -0.361 e. The Morgan fingerprint density at radius 3 is 2.96 bits per heavy atom. The topological polar surface area (TPSA) is 85.9 Å². The summed E-state index contributed by atoms with van der Waals surface area (Å²) in [4.78, 5) is 15.1. The molecule has 0 aliphatic heterocycles. The molecule has 3 rings (SSSR count). The van der Waals surface area contributed by atoms with Crippen molar-refractivity contribution in [2.45, 2.75) is 26.7 Å². The number of aromatic amines is 2. The fourth-order valence-electron chi connectivity index (χ4n) is 2.61. The van der Waals surface area contributed by atoms with Gasteiger partial charge < -0.3 is 4.98 Å². The van der Waals surface area contributed by atoms with E-state index in [1.54, 1.807) is 6.21 Å². The van der Waals surface area contributed by atoms with Crippen LogP contribution in [-0.2, 0) is 11.2 Å². The Morgan fingerprint density at radius 1 is 1.35 bits per heavy atom. The molecule has 2 aromatic heterocycles. The lowest BCUT2D eigenvalue weighted by Gasteiger charge is -2.01. The number of para-hydroxylation sites is 1. The van der Waals surface area contributed by atoms with Gasteiger partial charge in [-0.05, 0) is 31.9 Å². The molecule has 3 N–H and O–H groups in total. The van der Waals surface area contributed by atoms with Crippen molar-refractivity contribution in [2.24, 2.45) is 5.10 Å². The Morgan fingerprint density at radius 2 is 2.17 bits per heavy atom. The monoisotopic (exact) mass is 309 g/mol. The van der Waals surface area contributed by atoms with Crippen LogP contribution in [0.3, 0.4) is 0 Å². The van der Waals surface area contributed by atoms with Crippen LogP contribution >= 0.6 is 0 Å². The predicted octanol–water partition coefficient (Wildman–Crippen LogP) is 2.59. The number of hydrogen-bond acceptors (Lipinski definition) is 3. The second kappa shape index (κ2) is 6.48. The molecule has 0 saturated carbocycles. The Kier molecular flexibility index (Phi) is 4.23. The first-order valence-corrected chi connectivity index (χ1v) is 7.53. The van der Waals surface area contributed by atoms with E-state index in [1.165, 1.54) is 0 Å². The molecule has 0 radical (unpaired) electrons. The second-order valence-electron chi connectivity index (χ2n) is 5.50. The van der Waals surface area contributed by atoms with Crippen molar-refractivity contribution < 1.29 is 4.79 Å². The molecule has 6 nitrogen and oxygen atoms in total. The van der Waals surface area contributed by atoms with E-state index in [4.69, 9.17) is 0 Å². The summed E-state index contributed by atoms with van der Waals surface area (Å²) in [5, 5.41) is 12.2. The summed E-state index contributed by atoms with van der Waals surface area (Å²) in [6, 6.07) is 7.96. The van der Waals surface area contributed by atoms with Gasteiger partial charge in [-0.2, -0.15) is 10.2 Å². The quantitative estimate of drug-likeness (QED) is 0.500. The van der Waals surface area contributed by atoms with Crippen LogP contribution < -0.4 is 5.43 Å². The van der Waals surface area contributed by atoms with E-state index in [0.29, 0.717) is 12.8 Å². The van der Waals surface area contributed by atoms with Gasteiger partial charge in [-0.3, -0.25) is 9.89 Å². The van der Waals surface area contributed by atoms with Crippen LogP contribution in [0.25, 0.3) is 10.9 Å². The summed E-state index contributed by atoms with van der Waals surface area (Å²) in [7, 11) is 0. The Bertz CT molecular complexity index is 839. The maximum Gasteiger partial charge on any atom is 0.240 e. The van der Waals surface area contributed by atoms with E-state index in [0.717, 1.165) is 33.4 Å². The maximum atomic E-state index is 11.9. The molecular formula is C17H19N5O. The number of hydrazone groups is 1. The van der Waals surface area contributed by atoms with Crippen LogP contribution in [0.2, 0.25) is 0 Å². The van der Waals surface area contributed by atoms with Crippen LogP contribution in [0.15, 0.2) is 35.6 Å². The summed E-state index contributed by atoms with van der Waals surface area (Å²) in [6.07, 6.45) is 4.57. The highest BCUT2D eigenvalue weighted by molar-refractivity contribution is 5.99. The molecule has 1 amide bonds. The maximum absolute atomic E-state index is 11.9. The van der Waals surface area contributed by atoms with Gasteiger partial charge in [-0.1, -0.05) is 18.2 Å². The molecule has 0 aliphatic carbocycles. The molecule has 1 aromatic carbocycles. The largest absolute Gasteiger partial charge is 0.361 e. The standard InChI is InChI=1S/C17H19N5O/c1-11-14(12(2)21-20-11)7-8-17(23)22-19-10-13-9-18-16-6-4-3-5-15(13)16/h3-6,9-10,18H,7-8H2,1-2H3,(H,20,21)(H,22,23)/b19-10-. The summed E-state index contributed by atoms with van der Waals surface area (Å²) >= 11 is 0. The highest BCUT2D eigenvalue weighted by Gasteiger charge is 2.08. The van der Waals surface area contributed by atoms with Gasteiger partial charge in [-0.25, -0.2) is 5.43 Å². The number of nitrogens with zero attached hydrogens (tertiary/aromatic N) is 2. The number of hydrogen-bond donors (Lipinski definition) is 3. The SMILES string of the molecule is Cc1n[nH]c(C)c1CCC(=O)N/N=C\c1c[nH]c2ccccc12. The second-order valence-corrected chi connectivity index (χ2v) is 5.50. The van der Waals surface area contributed by atoms with Crippen LogP contribution in [0.1, 0.15) is 28.9 Å². The molecule has 0 bridgehead atoms. The smallest absolute Gasteiger partial charge is 0.240 e. The molecule has 0 atom stereocenters. The average molecular weight is 309 g/mol. The first-order valence-electron chi connectivity index (χ1n) is 7.53. The lowest BCUT2D eigenvalue weighted by Crippen LogP contribution is -2.18. The number of nitrogens with one attached hydrogen (secondary N) is 3. The van der Waals surface area contributed by atoms with Crippen molar-refractivity contribution in [3.05, 3.63) is 53.0 Å². The predicted molar refractivity (Wildman–Crippen MR) is 90.4 cm³/mol. The number of benzene rings is 1. The number of aromatic nitrogens is 3. The van der Waals surface area contributed by atoms with Crippen LogP contribution in [0.5, 0.6) is 0 Å². The van der Waals surface area contributed by atoms with E-state index in [9.17, 15) is 4.79 Å². The van der Waals surface area contributed by atoms with Crippen LogP contribution in [-0.4, -0.2) is 27.3 Å². The van der Waals surface area contributed by atoms with Crippen molar-refractivity contribution in [3.63, 3.8) is 0 Å². The van der Waals surface area contributed by atoms with Crippen molar-refractivity contribution >= 4 is 23.0 Å². The highest BCUT2D eigenvalue weighted by atomic mass is 16.2. The molecular weight excluding hydrogens is 290 g/mol. The molecule has 2 heterocycles. The minimum absolute atomic E-state index is 0.110. The summed E-state index contributed by atoms with van der Waals surface area (Å²) < 4.78 is 0. The van der Waals surface area contributed by atoms with Gasteiger partial charge in [0.2, 0.25) is 5.91 Å². The Balaban J connectivity index is 1.56. The van der Waals surface area contributed by atoms with Gasteiger partial charge in [0, 0.05) is 34.8 Å². The first kappa shape index (κ1) is 15.0. The number of amides is 1. The Hall–Kier alpha value is -2.89. The lowest BCUT2D eigenvalue weighted by atomic mass is 10.1. The summed E-state index contributed by atoms with van der Waals surface area (Å²) in [5.41, 5.74) is 7.62. The van der Waals surface area contributed by atoms with Crippen LogP contribution in [0.4, 0.5) is 0 Å². The van der Waals surface area contributed by atoms with E-state index in [1.807, 2.05) is 44.3 Å². The Labute approximate surface area is 134 Å². The zero-order chi connectivity index (χ0) is 16.2. The van der Waals surface area contributed by atoms with Gasteiger partial charge in [0.25, 0.3) is 0 Å². The van der Waals surface area contributed by atoms with Crippen molar-refractivity contribution in [2.75, 3.05) is 0 Å². The average Bonchev–Trinajstić information content (AvgIpc) is 3.10. The first-order chi connectivity index (χ1) is 11.1. The highest BCUT2D eigenvalue weighted by Crippen LogP contribution is 2.15. The zero-order valence-corrected chi connectivity index (χ0v) is 13.2. The third kappa shape index (κ3) is 3.31. The zero-order valence-electron chi connectivity index (χ0n) is 13.2. The van der Waals surface area contributed by atoms with Crippen molar-refractivity contribution in [3.8, 4) is 0 Å². The number of rotatable bonds is 5. The normalized spacial score (nSPS) is 11.4. The molecule has 0 aliphatic rings. The number of carbonyl (C=O) groups is 1. The lowest BCUT2D eigenvalue weighted by molar-refractivity contribution is -0.121. The van der Waals surface area contributed by atoms with Gasteiger partial charge in [0.1, 0.15) is 0 Å². The number of H-pyrrole nitrogens is 2. The third-order valence-corrected chi connectivity index (χ3v) is 3.90. The third-order valence-electron chi connectivity index (χ3n) is 3.90. The van der Waals surface area contributed by atoms with Gasteiger partial charge in [-0.15, -0.1) is 0 Å². The number of fused-ring (bicyclic) bond motifs is 1. The van der Waals surface area contributed by atoms with E-state index >= 15 is 0 Å². The van der Waals surface area contributed by atoms with Crippen molar-refractivity contribution in [1.82, 2.24) is 20.6 Å². The van der Waals surface area contributed by atoms with E-state index in [-0.39, 0.29) is 5.91 Å². The molecule has 0 spiro atoms. The fourth-order valence-corrected chi connectivity index (χ4v) is 2.61. The number of carbonyl (C=O) groups excluding carboxylic acids is 1. The molecule has 0 fully saturated rings. The summed E-state index contributed by atoms with van der Waals surface area (Å²) in [5.74, 6) is -0.110. The van der Waals surface area contributed by atoms with Gasteiger partial charge in [0.05, 0.1) is 11.9 Å². The van der Waals surface area contributed by atoms with E-state index in [2.05, 4.69) is 25.7 Å².